The van der Waals surface area contributed by atoms with Gasteiger partial charge in [-0.05, 0) is 37.0 Å². The molecule has 1 fully saturated rings. The zero-order valence-corrected chi connectivity index (χ0v) is 21.8. The lowest BCUT2D eigenvalue weighted by atomic mass is 9.84. The molecule has 2 amide bonds. The number of amides is 2. The van der Waals surface area contributed by atoms with Gasteiger partial charge in [-0.1, -0.05) is 26.3 Å². The summed E-state index contributed by atoms with van der Waals surface area (Å²) in [5.74, 6) is -1.07. The molecule has 200 valence electrons. The largest absolute Gasteiger partial charge is 0.481 e. The van der Waals surface area contributed by atoms with Crippen LogP contribution >= 0.6 is 0 Å². The highest BCUT2D eigenvalue weighted by molar-refractivity contribution is 5.78. The topological polar surface area (TPSA) is 109 Å². The van der Waals surface area contributed by atoms with Crippen molar-refractivity contribution in [2.75, 3.05) is 46.6 Å². The number of fused-ring (bicyclic) bond motifs is 1. The van der Waals surface area contributed by atoms with Crippen molar-refractivity contribution < 1.29 is 33.8 Å². The number of carboxylic acid groups (broad SMARTS) is 1. The highest BCUT2D eigenvalue weighted by Gasteiger charge is 2.47. The molecule has 0 aromatic heterocycles. The molecule has 2 aliphatic rings. The lowest BCUT2D eigenvalue weighted by molar-refractivity contribution is -0.188. The molecular weight excluding hydrogens is 466 g/mol. The summed E-state index contributed by atoms with van der Waals surface area (Å²) >= 11 is 0. The number of carboxylic acids is 1. The van der Waals surface area contributed by atoms with Gasteiger partial charge in [-0.3, -0.25) is 24.1 Å². The van der Waals surface area contributed by atoms with E-state index in [1.165, 1.54) is 12.0 Å². The first kappa shape index (κ1) is 27.7. The fourth-order valence-corrected chi connectivity index (χ4v) is 4.83. The number of likely N-dealkylation sites (tertiary alicyclic amines) is 1. The van der Waals surface area contributed by atoms with E-state index in [9.17, 15) is 19.5 Å². The minimum atomic E-state index is -0.923. The summed E-state index contributed by atoms with van der Waals surface area (Å²) in [4.78, 5) is 46.9. The third-order valence-electron chi connectivity index (χ3n) is 6.94. The van der Waals surface area contributed by atoms with Crippen molar-refractivity contribution in [2.45, 2.75) is 58.4 Å². The third kappa shape index (κ3) is 6.67. The Morgan fingerprint density at radius 2 is 1.89 bits per heavy atom. The van der Waals surface area contributed by atoms with Crippen LogP contribution in [0, 0.1) is 5.92 Å². The maximum Gasteiger partial charge on any atom is 0.308 e. The van der Waals surface area contributed by atoms with Crippen molar-refractivity contribution in [1.29, 1.82) is 0 Å². The molecule has 0 saturated carbocycles. The van der Waals surface area contributed by atoms with Crippen molar-refractivity contribution in [3.05, 3.63) is 23.8 Å². The molecule has 2 heterocycles. The summed E-state index contributed by atoms with van der Waals surface area (Å²) in [5, 5.41) is 11.7. The molecule has 0 aliphatic carbocycles. The Balaban J connectivity index is 1.86. The van der Waals surface area contributed by atoms with Crippen molar-refractivity contribution in [3.8, 4) is 11.5 Å². The van der Waals surface area contributed by atoms with Crippen LogP contribution in [0.2, 0.25) is 0 Å². The predicted octanol–water partition coefficient (Wildman–Crippen LogP) is 2.72. The van der Waals surface area contributed by atoms with Gasteiger partial charge in [0.1, 0.15) is 0 Å². The number of benzene rings is 1. The van der Waals surface area contributed by atoms with Crippen molar-refractivity contribution in [1.82, 2.24) is 14.9 Å². The van der Waals surface area contributed by atoms with Crippen LogP contribution in [0.25, 0.3) is 0 Å². The van der Waals surface area contributed by atoms with Crippen LogP contribution in [0.3, 0.4) is 0 Å². The third-order valence-corrected chi connectivity index (χ3v) is 6.94. The molecular formula is C26H39N3O7. The number of nitrogens with zero attached hydrogens (tertiary/aromatic N) is 3. The van der Waals surface area contributed by atoms with Crippen molar-refractivity contribution in [3.63, 3.8) is 0 Å². The Bertz CT molecular complexity index is 917. The van der Waals surface area contributed by atoms with Crippen LogP contribution in [-0.4, -0.2) is 90.4 Å². The lowest BCUT2D eigenvalue weighted by Crippen LogP contribution is -2.45. The second kappa shape index (κ2) is 12.9. The van der Waals surface area contributed by atoms with Crippen molar-refractivity contribution in [2.24, 2.45) is 5.92 Å². The van der Waals surface area contributed by atoms with E-state index in [1.807, 2.05) is 24.0 Å². The summed E-state index contributed by atoms with van der Waals surface area (Å²) in [6.45, 7) is 7.44. The number of unbranched alkanes of at least 4 members (excludes halogenated alkanes) is 1. The molecule has 0 radical (unpaired) electrons. The monoisotopic (exact) mass is 505 g/mol. The standard InChI is InChI=1S/C26H39N3O7/c1-5-7-11-29(36-13-6-2)24(31)16-28-15-20(19-8-9-22-23(14-19)35-17-34-22)25(26(32)33)21(28)10-12-27(4)18(3)30/h8-9,14,20-21,25H,5-7,10-13,15-17H2,1-4H3,(H,32,33)/t20-,21+,25?/m1/s1. The molecule has 10 nitrogen and oxygen atoms in total. The van der Waals surface area contributed by atoms with Crippen LogP contribution in [0.15, 0.2) is 18.2 Å². The molecule has 0 bridgehead atoms. The van der Waals surface area contributed by atoms with E-state index in [1.54, 1.807) is 18.0 Å². The quantitative estimate of drug-likeness (QED) is 0.408. The Labute approximate surface area is 213 Å². The van der Waals surface area contributed by atoms with Gasteiger partial charge in [0.05, 0.1) is 19.1 Å². The van der Waals surface area contributed by atoms with Gasteiger partial charge >= 0.3 is 5.97 Å². The van der Waals surface area contributed by atoms with Gasteiger partial charge in [-0.25, -0.2) is 5.06 Å². The average Bonchev–Trinajstić information content (AvgIpc) is 3.46. The van der Waals surface area contributed by atoms with E-state index in [0.29, 0.717) is 44.2 Å². The first-order chi connectivity index (χ1) is 17.3. The number of hydrogen-bond donors (Lipinski definition) is 1. The van der Waals surface area contributed by atoms with Crippen LogP contribution in [-0.2, 0) is 19.2 Å². The minimum absolute atomic E-state index is 0.0483. The van der Waals surface area contributed by atoms with Crippen molar-refractivity contribution >= 4 is 17.8 Å². The number of hydrogen-bond acceptors (Lipinski definition) is 7. The molecule has 1 saturated heterocycles. The van der Waals surface area contributed by atoms with E-state index < -0.39 is 17.9 Å². The van der Waals surface area contributed by atoms with E-state index in [2.05, 4.69) is 6.92 Å². The first-order valence-electron chi connectivity index (χ1n) is 12.8. The number of carbonyl (C=O) groups excluding carboxylic acids is 2. The highest BCUT2D eigenvalue weighted by Crippen LogP contribution is 2.42. The first-order valence-corrected chi connectivity index (χ1v) is 12.8. The number of aliphatic carboxylic acids is 1. The molecule has 3 atom stereocenters. The Morgan fingerprint density at radius 1 is 1.14 bits per heavy atom. The van der Waals surface area contributed by atoms with Gasteiger partial charge < -0.3 is 19.5 Å². The fourth-order valence-electron chi connectivity index (χ4n) is 4.83. The summed E-state index contributed by atoms with van der Waals surface area (Å²) in [7, 11) is 1.70. The zero-order chi connectivity index (χ0) is 26.2. The van der Waals surface area contributed by atoms with Crippen LogP contribution < -0.4 is 9.47 Å². The van der Waals surface area contributed by atoms with Gasteiger partial charge in [-0.15, -0.1) is 0 Å². The molecule has 1 unspecified atom stereocenters. The van der Waals surface area contributed by atoms with Gasteiger partial charge in [0.25, 0.3) is 5.91 Å². The second-order valence-corrected chi connectivity index (χ2v) is 9.49. The van der Waals surface area contributed by atoms with E-state index in [-0.39, 0.29) is 31.1 Å². The Kier molecular flexibility index (Phi) is 9.95. The molecule has 10 heteroatoms. The molecule has 1 N–H and O–H groups in total. The summed E-state index contributed by atoms with van der Waals surface area (Å²) < 4.78 is 10.9. The maximum absolute atomic E-state index is 13.3. The Morgan fingerprint density at radius 3 is 2.56 bits per heavy atom. The fraction of sp³-hybridized carbons (Fsp3) is 0.654. The van der Waals surface area contributed by atoms with Crippen LogP contribution in [0.1, 0.15) is 57.9 Å². The van der Waals surface area contributed by atoms with Gasteiger partial charge in [0, 0.05) is 45.6 Å². The van der Waals surface area contributed by atoms with Crippen LogP contribution in [0.4, 0.5) is 0 Å². The smallest absolute Gasteiger partial charge is 0.308 e. The summed E-state index contributed by atoms with van der Waals surface area (Å²) in [6, 6.07) is 5.08. The van der Waals surface area contributed by atoms with Gasteiger partial charge in [0.15, 0.2) is 11.5 Å². The minimum Gasteiger partial charge on any atom is -0.481 e. The zero-order valence-electron chi connectivity index (χ0n) is 21.8. The molecule has 3 rings (SSSR count). The molecule has 0 spiro atoms. The number of carbonyl (C=O) groups is 3. The molecule has 36 heavy (non-hydrogen) atoms. The SMILES string of the molecule is CCCCN(OCCC)C(=O)CN1C[C@H](c2ccc3c(c2)OCO3)C(C(=O)O)[C@@H]1CCN(C)C(C)=O. The van der Waals surface area contributed by atoms with Gasteiger partial charge in [-0.2, -0.15) is 0 Å². The number of ether oxygens (including phenoxy) is 2. The van der Waals surface area contributed by atoms with E-state index in [0.717, 1.165) is 24.8 Å². The predicted molar refractivity (Wildman–Crippen MR) is 133 cm³/mol. The molecule has 1 aromatic carbocycles. The van der Waals surface area contributed by atoms with Crippen LogP contribution in [0.5, 0.6) is 11.5 Å². The summed E-state index contributed by atoms with van der Waals surface area (Å²) in [6.07, 6.45) is 2.97. The highest BCUT2D eigenvalue weighted by atomic mass is 16.7. The molecule has 1 aromatic rings. The maximum atomic E-state index is 13.3. The van der Waals surface area contributed by atoms with E-state index in [4.69, 9.17) is 14.3 Å². The van der Waals surface area contributed by atoms with Gasteiger partial charge in [0.2, 0.25) is 12.7 Å². The lowest BCUT2D eigenvalue weighted by Gasteiger charge is -2.30. The second-order valence-electron chi connectivity index (χ2n) is 9.49. The molecule has 2 aliphatic heterocycles. The summed E-state index contributed by atoms with van der Waals surface area (Å²) in [5.41, 5.74) is 0.830. The Hall–Kier alpha value is -2.85. The number of hydroxylamine groups is 2. The number of rotatable bonds is 13. The average molecular weight is 506 g/mol. The van der Waals surface area contributed by atoms with E-state index >= 15 is 0 Å². The normalized spacial score (nSPS) is 20.9.